The molecule has 7 nitrogen and oxygen atoms in total. The third kappa shape index (κ3) is 4.72. The van der Waals surface area contributed by atoms with Gasteiger partial charge in [0.2, 0.25) is 15.9 Å². The first-order valence-electron chi connectivity index (χ1n) is 9.16. The number of para-hydroxylation sites is 1. The van der Waals surface area contributed by atoms with Crippen LogP contribution in [0.4, 0.5) is 5.13 Å². The Morgan fingerprint density at radius 1 is 1.06 bits per heavy atom. The van der Waals surface area contributed by atoms with Gasteiger partial charge >= 0.3 is 0 Å². The molecule has 2 heterocycles. The van der Waals surface area contributed by atoms with Crippen LogP contribution in [0.2, 0.25) is 0 Å². The predicted molar refractivity (Wildman–Crippen MR) is 126 cm³/mol. The van der Waals surface area contributed by atoms with E-state index in [1.807, 2.05) is 29.6 Å². The Morgan fingerprint density at radius 2 is 1.81 bits per heavy atom. The van der Waals surface area contributed by atoms with Crippen LogP contribution >= 0.6 is 22.7 Å². The van der Waals surface area contributed by atoms with Gasteiger partial charge in [-0.25, -0.2) is 22.7 Å². The van der Waals surface area contributed by atoms with Crippen LogP contribution in [-0.4, -0.2) is 42.7 Å². The number of sulfonamides is 1. The Hall–Kier alpha value is -2.92. The molecule has 4 aromatic rings. The third-order valence-electron chi connectivity index (χ3n) is 4.35. The molecule has 0 saturated heterocycles. The average Bonchev–Trinajstić information content (AvgIpc) is 3.39. The molecule has 1 amide bonds. The molecule has 2 aromatic heterocycles. The second-order valence-corrected chi connectivity index (χ2v) is 10.8. The minimum absolute atomic E-state index is 0.213. The summed E-state index contributed by atoms with van der Waals surface area (Å²) in [6, 6.07) is 14.3. The van der Waals surface area contributed by atoms with E-state index < -0.39 is 10.0 Å². The van der Waals surface area contributed by atoms with Crippen molar-refractivity contribution in [2.24, 2.45) is 0 Å². The highest BCUT2D eigenvalue weighted by Gasteiger charge is 2.17. The van der Waals surface area contributed by atoms with Gasteiger partial charge in [0, 0.05) is 31.1 Å². The van der Waals surface area contributed by atoms with Crippen molar-refractivity contribution in [3.63, 3.8) is 0 Å². The zero-order valence-corrected chi connectivity index (χ0v) is 19.1. The number of anilines is 1. The first-order valence-corrected chi connectivity index (χ1v) is 12.3. The number of hydrogen-bond acceptors (Lipinski definition) is 7. The van der Waals surface area contributed by atoms with Crippen molar-refractivity contribution in [3.05, 3.63) is 65.0 Å². The maximum atomic E-state index is 12.2. The summed E-state index contributed by atoms with van der Waals surface area (Å²) in [4.78, 5) is 21.3. The smallest absolute Gasteiger partial charge is 0.250 e. The Labute approximate surface area is 187 Å². The van der Waals surface area contributed by atoms with Crippen molar-refractivity contribution in [1.29, 1.82) is 0 Å². The van der Waals surface area contributed by atoms with E-state index in [1.165, 1.54) is 47.2 Å². The molecule has 2 aromatic carbocycles. The molecule has 0 spiro atoms. The van der Waals surface area contributed by atoms with Crippen LogP contribution < -0.4 is 5.32 Å². The lowest BCUT2D eigenvalue weighted by molar-refractivity contribution is -0.111. The monoisotopic (exact) mass is 470 g/mol. The topological polar surface area (TPSA) is 92.3 Å². The third-order valence-corrected chi connectivity index (χ3v) is 7.94. The Kier molecular flexibility index (Phi) is 5.96. The average molecular weight is 471 g/mol. The summed E-state index contributed by atoms with van der Waals surface area (Å²) in [6.07, 6.45) is 3.11. The van der Waals surface area contributed by atoms with Crippen LogP contribution in [0, 0.1) is 0 Å². The SMILES string of the molecule is CN(C)S(=O)(=O)c1ccc(-c2csc(NC(=O)/C=C/c3nc4ccccc4s3)n2)cc1. The van der Waals surface area contributed by atoms with Crippen molar-refractivity contribution in [1.82, 2.24) is 14.3 Å². The van der Waals surface area contributed by atoms with Gasteiger partial charge in [-0.2, -0.15) is 0 Å². The zero-order chi connectivity index (χ0) is 22.0. The van der Waals surface area contributed by atoms with E-state index in [9.17, 15) is 13.2 Å². The summed E-state index contributed by atoms with van der Waals surface area (Å²) in [5, 5.41) is 5.76. The zero-order valence-electron chi connectivity index (χ0n) is 16.6. The molecule has 0 aliphatic rings. The van der Waals surface area contributed by atoms with E-state index in [0.717, 1.165) is 20.8 Å². The minimum atomic E-state index is -3.48. The lowest BCUT2D eigenvalue weighted by atomic mass is 10.2. The van der Waals surface area contributed by atoms with Gasteiger partial charge in [-0.15, -0.1) is 22.7 Å². The van der Waals surface area contributed by atoms with E-state index in [1.54, 1.807) is 30.3 Å². The number of benzene rings is 2. The number of nitrogens with zero attached hydrogens (tertiary/aromatic N) is 3. The van der Waals surface area contributed by atoms with Crippen LogP contribution in [0.5, 0.6) is 0 Å². The molecule has 0 radical (unpaired) electrons. The summed E-state index contributed by atoms with van der Waals surface area (Å²) >= 11 is 2.81. The second kappa shape index (κ2) is 8.67. The highest BCUT2D eigenvalue weighted by Crippen LogP contribution is 2.27. The fourth-order valence-electron chi connectivity index (χ4n) is 2.73. The van der Waals surface area contributed by atoms with Gasteiger partial charge < -0.3 is 0 Å². The summed E-state index contributed by atoms with van der Waals surface area (Å²) in [6.45, 7) is 0. The molecule has 0 fully saturated rings. The number of aromatic nitrogens is 2. The van der Waals surface area contributed by atoms with Gasteiger partial charge in [-0.3, -0.25) is 10.1 Å². The van der Waals surface area contributed by atoms with Crippen molar-refractivity contribution in [2.75, 3.05) is 19.4 Å². The molecule has 0 saturated carbocycles. The van der Waals surface area contributed by atoms with E-state index in [0.29, 0.717) is 10.8 Å². The van der Waals surface area contributed by atoms with E-state index >= 15 is 0 Å². The van der Waals surface area contributed by atoms with Crippen molar-refractivity contribution in [2.45, 2.75) is 4.90 Å². The molecule has 158 valence electrons. The Bertz CT molecular complexity index is 1340. The summed E-state index contributed by atoms with van der Waals surface area (Å²) in [7, 11) is -0.498. The maximum absolute atomic E-state index is 12.2. The van der Waals surface area contributed by atoms with E-state index in [2.05, 4.69) is 15.3 Å². The van der Waals surface area contributed by atoms with Gasteiger partial charge in [-0.05, 0) is 30.3 Å². The maximum Gasteiger partial charge on any atom is 0.250 e. The largest absolute Gasteiger partial charge is 0.298 e. The second-order valence-electron chi connectivity index (χ2n) is 6.69. The van der Waals surface area contributed by atoms with Crippen LogP contribution in [0.1, 0.15) is 5.01 Å². The van der Waals surface area contributed by atoms with Crippen LogP contribution in [0.25, 0.3) is 27.6 Å². The normalized spacial score (nSPS) is 12.1. The first-order chi connectivity index (χ1) is 14.8. The number of nitrogens with one attached hydrogen (secondary N) is 1. The number of carbonyl (C=O) groups excluding carboxylic acids is 1. The molecular weight excluding hydrogens is 452 g/mol. The summed E-state index contributed by atoms with van der Waals surface area (Å²) < 4.78 is 26.6. The molecule has 31 heavy (non-hydrogen) atoms. The fraction of sp³-hybridized carbons (Fsp3) is 0.0952. The highest BCUT2D eigenvalue weighted by atomic mass is 32.2. The lowest BCUT2D eigenvalue weighted by Crippen LogP contribution is -2.22. The van der Waals surface area contributed by atoms with E-state index in [4.69, 9.17) is 0 Å². The number of carbonyl (C=O) groups is 1. The van der Waals surface area contributed by atoms with Crippen molar-refractivity contribution >= 4 is 60.0 Å². The molecule has 0 bridgehead atoms. The van der Waals surface area contributed by atoms with Gasteiger partial charge in [0.05, 0.1) is 20.8 Å². The van der Waals surface area contributed by atoms with Crippen LogP contribution in [-0.2, 0) is 14.8 Å². The predicted octanol–water partition coefficient (Wildman–Crippen LogP) is 4.32. The van der Waals surface area contributed by atoms with Gasteiger partial charge in [0.15, 0.2) is 5.13 Å². The molecule has 1 N–H and O–H groups in total. The molecule has 0 atom stereocenters. The van der Waals surface area contributed by atoms with Crippen LogP contribution in [0.15, 0.2) is 64.9 Å². The quantitative estimate of drug-likeness (QED) is 0.424. The summed E-state index contributed by atoms with van der Waals surface area (Å²) in [5.74, 6) is -0.299. The fourth-order valence-corrected chi connectivity index (χ4v) is 5.22. The Morgan fingerprint density at radius 3 is 2.52 bits per heavy atom. The molecule has 0 aliphatic carbocycles. The molecule has 0 unspecified atom stereocenters. The minimum Gasteiger partial charge on any atom is -0.298 e. The van der Waals surface area contributed by atoms with Crippen molar-refractivity contribution in [3.8, 4) is 11.3 Å². The van der Waals surface area contributed by atoms with E-state index in [-0.39, 0.29) is 10.8 Å². The van der Waals surface area contributed by atoms with Gasteiger partial charge in [0.1, 0.15) is 5.01 Å². The molecule has 4 rings (SSSR count). The van der Waals surface area contributed by atoms with Crippen LogP contribution in [0.3, 0.4) is 0 Å². The number of rotatable bonds is 6. The number of thiazole rings is 2. The number of amides is 1. The Balaban J connectivity index is 1.43. The lowest BCUT2D eigenvalue weighted by Gasteiger charge is -2.11. The van der Waals surface area contributed by atoms with Gasteiger partial charge in [-0.1, -0.05) is 24.3 Å². The standard InChI is InChI=1S/C21H18N4O3S3/c1-25(2)31(27,28)15-9-7-14(8-10-15)17-13-29-21(23-17)24-19(26)11-12-20-22-16-5-3-4-6-18(16)30-20/h3-13H,1-2H3,(H,23,24,26)/b12-11+. The highest BCUT2D eigenvalue weighted by molar-refractivity contribution is 7.89. The van der Waals surface area contributed by atoms with Crippen molar-refractivity contribution < 1.29 is 13.2 Å². The number of hydrogen-bond donors (Lipinski definition) is 1. The molecular formula is C21H18N4O3S3. The molecule has 10 heteroatoms. The first kappa shape index (κ1) is 21.3. The molecule has 0 aliphatic heterocycles. The van der Waals surface area contributed by atoms with Gasteiger partial charge in [0.25, 0.3) is 0 Å². The number of fused-ring (bicyclic) bond motifs is 1. The summed E-state index contributed by atoms with van der Waals surface area (Å²) in [5.41, 5.74) is 2.32.